The summed E-state index contributed by atoms with van der Waals surface area (Å²) in [6, 6.07) is 0. The van der Waals surface area contributed by atoms with Crippen molar-refractivity contribution in [2.75, 3.05) is 13.2 Å². The lowest BCUT2D eigenvalue weighted by Gasteiger charge is -2.01. The van der Waals surface area contributed by atoms with Crippen LogP contribution in [-0.4, -0.2) is 24.3 Å². The molecule has 0 saturated carbocycles. The van der Waals surface area contributed by atoms with E-state index in [9.17, 15) is 14.9 Å². The van der Waals surface area contributed by atoms with Crippen molar-refractivity contribution in [3.8, 4) is 0 Å². The van der Waals surface area contributed by atoms with E-state index >= 15 is 0 Å². The molecule has 0 unspecified atom stereocenters. The Balaban J connectivity index is 2.99. The molecule has 0 fully saturated rings. The first kappa shape index (κ1) is 12.7. The van der Waals surface area contributed by atoms with E-state index < -0.39 is 5.09 Å². The van der Waals surface area contributed by atoms with E-state index in [-0.39, 0.29) is 12.6 Å². The van der Waals surface area contributed by atoms with Crippen molar-refractivity contribution in [3.63, 3.8) is 0 Å². The summed E-state index contributed by atoms with van der Waals surface area (Å²) in [5.41, 5.74) is 0. The number of ether oxygens (including phenoxy) is 1. The molecule has 6 heteroatoms. The fourth-order valence-corrected chi connectivity index (χ4v) is 0.913. The van der Waals surface area contributed by atoms with Gasteiger partial charge in [0.15, 0.2) is 0 Å². The number of nitrogens with zero attached hydrogens (tertiary/aromatic N) is 1. The van der Waals surface area contributed by atoms with E-state index in [1.165, 1.54) is 6.92 Å². The average Bonchev–Trinajstić information content (AvgIpc) is 2.08. The number of carbonyl (C=O) groups excluding carboxylic acids is 1. The highest BCUT2D eigenvalue weighted by Crippen LogP contribution is 2.00. The van der Waals surface area contributed by atoms with Gasteiger partial charge in [-0.25, -0.2) is 0 Å². The zero-order valence-electron chi connectivity index (χ0n) is 8.23. The molecule has 82 valence electrons. The van der Waals surface area contributed by atoms with E-state index in [0.29, 0.717) is 13.0 Å². The Kier molecular flexibility index (Phi) is 7.49. The van der Waals surface area contributed by atoms with Crippen LogP contribution in [0.3, 0.4) is 0 Å². The van der Waals surface area contributed by atoms with Crippen molar-refractivity contribution in [2.45, 2.75) is 32.6 Å². The van der Waals surface area contributed by atoms with Crippen molar-refractivity contribution in [1.29, 1.82) is 0 Å². The van der Waals surface area contributed by atoms with Gasteiger partial charge in [0.1, 0.15) is 0 Å². The van der Waals surface area contributed by atoms with Gasteiger partial charge in [-0.3, -0.25) is 4.79 Å². The second kappa shape index (κ2) is 8.28. The SMILES string of the molecule is CC(=O)OCCCCCCO[N+](=O)[O-]. The monoisotopic (exact) mass is 205 g/mol. The van der Waals surface area contributed by atoms with Crippen molar-refractivity contribution >= 4 is 5.97 Å². The number of hydrogen-bond acceptors (Lipinski definition) is 5. The second-order valence-corrected chi connectivity index (χ2v) is 2.81. The normalized spacial score (nSPS) is 9.50. The van der Waals surface area contributed by atoms with Crippen LogP contribution in [0.2, 0.25) is 0 Å². The Morgan fingerprint density at radius 1 is 1.21 bits per heavy atom. The molecule has 14 heavy (non-hydrogen) atoms. The maximum absolute atomic E-state index is 10.3. The van der Waals surface area contributed by atoms with Crippen molar-refractivity contribution in [3.05, 3.63) is 10.1 Å². The third kappa shape index (κ3) is 10.7. The van der Waals surface area contributed by atoms with Crippen molar-refractivity contribution < 1.29 is 19.5 Å². The first-order valence-electron chi connectivity index (χ1n) is 4.53. The number of hydrogen-bond donors (Lipinski definition) is 0. The first-order valence-corrected chi connectivity index (χ1v) is 4.53. The molecule has 0 atom stereocenters. The molecule has 0 N–H and O–H groups in total. The topological polar surface area (TPSA) is 78.7 Å². The first-order chi connectivity index (χ1) is 6.63. The highest BCUT2D eigenvalue weighted by atomic mass is 16.9. The summed E-state index contributed by atoms with van der Waals surface area (Å²) >= 11 is 0. The maximum atomic E-state index is 10.3. The lowest BCUT2D eigenvalue weighted by molar-refractivity contribution is -0.757. The molecule has 0 aliphatic rings. The molecular weight excluding hydrogens is 190 g/mol. The van der Waals surface area contributed by atoms with Crippen LogP contribution in [0.1, 0.15) is 32.6 Å². The van der Waals surface area contributed by atoms with Gasteiger partial charge in [-0.15, -0.1) is 10.1 Å². The summed E-state index contributed by atoms with van der Waals surface area (Å²) in [6.07, 6.45) is 3.17. The number of carbonyl (C=O) groups is 1. The van der Waals surface area contributed by atoms with Gasteiger partial charge >= 0.3 is 5.97 Å². The Morgan fingerprint density at radius 2 is 1.79 bits per heavy atom. The Hall–Kier alpha value is -1.33. The molecule has 0 aromatic heterocycles. The smallest absolute Gasteiger partial charge is 0.302 e. The molecule has 0 aromatic carbocycles. The van der Waals surface area contributed by atoms with Gasteiger partial charge in [0.05, 0.1) is 13.2 Å². The number of rotatable bonds is 8. The van der Waals surface area contributed by atoms with Crippen molar-refractivity contribution in [2.24, 2.45) is 0 Å². The zero-order valence-corrected chi connectivity index (χ0v) is 8.23. The lowest BCUT2D eigenvalue weighted by atomic mass is 10.2. The molecule has 0 amide bonds. The summed E-state index contributed by atoms with van der Waals surface area (Å²) in [6.45, 7) is 1.93. The van der Waals surface area contributed by atoms with Crippen molar-refractivity contribution in [1.82, 2.24) is 0 Å². The molecule has 0 bridgehead atoms. The molecule has 0 radical (unpaired) electrons. The van der Waals surface area contributed by atoms with E-state index in [2.05, 4.69) is 4.84 Å². The maximum Gasteiger partial charge on any atom is 0.302 e. The molecule has 0 aliphatic heterocycles. The molecule has 0 aromatic rings. The third-order valence-electron chi connectivity index (χ3n) is 1.54. The largest absolute Gasteiger partial charge is 0.466 e. The Bertz CT molecular complexity index is 163. The van der Waals surface area contributed by atoms with Crippen LogP contribution in [0.5, 0.6) is 0 Å². The predicted octanol–water partition coefficient (Wildman–Crippen LogP) is 1.32. The van der Waals surface area contributed by atoms with E-state index in [4.69, 9.17) is 4.74 Å². The van der Waals surface area contributed by atoms with Crippen LogP contribution >= 0.6 is 0 Å². The van der Waals surface area contributed by atoms with Gasteiger partial charge in [0.25, 0.3) is 5.09 Å². The van der Waals surface area contributed by atoms with Gasteiger partial charge in [-0.05, 0) is 19.3 Å². The quantitative estimate of drug-likeness (QED) is 0.258. The van der Waals surface area contributed by atoms with Gasteiger partial charge in [-0.1, -0.05) is 6.42 Å². The summed E-state index contributed by atoms with van der Waals surface area (Å²) in [4.78, 5) is 24.2. The van der Waals surface area contributed by atoms with Gasteiger partial charge in [0.2, 0.25) is 0 Å². The third-order valence-corrected chi connectivity index (χ3v) is 1.54. The van der Waals surface area contributed by atoms with E-state index in [1.54, 1.807) is 0 Å². The highest BCUT2D eigenvalue weighted by molar-refractivity contribution is 5.65. The minimum Gasteiger partial charge on any atom is -0.466 e. The molecule has 0 saturated heterocycles. The second-order valence-electron chi connectivity index (χ2n) is 2.81. The van der Waals surface area contributed by atoms with Gasteiger partial charge in [0, 0.05) is 6.92 Å². The van der Waals surface area contributed by atoms with E-state index in [1.807, 2.05) is 0 Å². The standard InChI is InChI=1S/C8H15NO5/c1-8(10)13-6-4-2-3-5-7-14-9(11)12/h2-7H2,1H3. The molecule has 0 spiro atoms. The minimum atomic E-state index is -0.793. The fourth-order valence-electron chi connectivity index (χ4n) is 0.913. The van der Waals surface area contributed by atoms with Crippen LogP contribution in [0.4, 0.5) is 0 Å². The summed E-state index contributed by atoms with van der Waals surface area (Å²) in [7, 11) is 0. The van der Waals surface area contributed by atoms with Crippen LogP contribution in [0.15, 0.2) is 0 Å². The molecule has 0 aliphatic carbocycles. The van der Waals surface area contributed by atoms with Gasteiger partial charge in [-0.2, -0.15) is 0 Å². The molecule has 0 heterocycles. The molecule has 6 nitrogen and oxygen atoms in total. The Labute approximate surface area is 82.3 Å². The zero-order chi connectivity index (χ0) is 10.8. The average molecular weight is 205 g/mol. The fraction of sp³-hybridized carbons (Fsp3) is 0.875. The highest BCUT2D eigenvalue weighted by Gasteiger charge is 1.96. The van der Waals surface area contributed by atoms with E-state index in [0.717, 1.165) is 19.3 Å². The minimum absolute atomic E-state index is 0.139. The lowest BCUT2D eigenvalue weighted by Crippen LogP contribution is -2.03. The van der Waals surface area contributed by atoms with Gasteiger partial charge < -0.3 is 9.57 Å². The Morgan fingerprint density at radius 3 is 2.29 bits per heavy atom. The molecular formula is C8H15NO5. The number of esters is 1. The number of unbranched alkanes of at least 4 members (excludes halogenated alkanes) is 3. The summed E-state index contributed by atoms with van der Waals surface area (Å²) < 4.78 is 4.71. The van der Waals surface area contributed by atoms with Crippen LogP contribution in [0, 0.1) is 10.1 Å². The summed E-state index contributed by atoms with van der Waals surface area (Å²) in [5, 5.41) is 8.94. The van der Waals surface area contributed by atoms with Crippen LogP contribution in [0.25, 0.3) is 0 Å². The van der Waals surface area contributed by atoms with Crippen LogP contribution in [-0.2, 0) is 14.4 Å². The summed E-state index contributed by atoms with van der Waals surface area (Å²) in [5.74, 6) is -0.276. The van der Waals surface area contributed by atoms with Crippen LogP contribution < -0.4 is 0 Å². The predicted molar refractivity (Wildman–Crippen MR) is 48.0 cm³/mol. The molecule has 0 rings (SSSR count).